The minimum Gasteiger partial charge on any atom is -0.371 e. The molecule has 1 amide bonds. The van der Waals surface area contributed by atoms with Gasteiger partial charge >= 0.3 is 0 Å². The van der Waals surface area contributed by atoms with Crippen LogP contribution >= 0.6 is 0 Å². The lowest BCUT2D eigenvalue weighted by Crippen LogP contribution is -2.51. The maximum Gasteiger partial charge on any atom is 0.231 e. The van der Waals surface area contributed by atoms with Gasteiger partial charge in [-0.1, -0.05) is 38.6 Å². The first-order valence-electron chi connectivity index (χ1n) is 8.52. The third-order valence-corrected chi connectivity index (χ3v) is 4.19. The fourth-order valence-electron chi connectivity index (χ4n) is 2.71. The number of carbonyl (C=O) groups is 2. The average molecular weight is 362 g/mol. The zero-order chi connectivity index (χ0) is 19.3. The van der Waals surface area contributed by atoms with Gasteiger partial charge in [-0.2, -0.15) is 0 Å². The molecule has 1 fully saturated rings. The number of rotatable bonds is 6. The molecule has 1 N–H and O–H groups in total. The summed E-state index contributed by atoms with van der Waals surface area (Å²) in [5, 5.41) is 3.12. The molecule has 140 valence electrons. The van der Waals surface area contributed by atoms with Gasteiger partial charge in [0.1, 0.15) is 23.2 Å². The maximum absolute atomic E-state index is 13.5. The van der Waals surface area contributed by atoms with Gasteiger partial charge in [-0.25, -0.2) is 8.78 Å². The normalized spacial score (nSPS) is 16.6. The minimum absolute atomic E-state index is 0.0320. The number of nitrogens with one attached hydrogen (secondary N) is 1. The van der Waals surface area contributed by atoms with Gasteiger partial charge in [0.2, 0.25) is 5.91 Å². The van der Waals surface area contributed by atoms with Gasteiger partial charge in [-0.15, -0.1) is 0 Å². The second kappa shape index (κ2) is 8.25. The lowest BCUT2D eigenvalue weighted by atomic mass is 9.91. The van der Waals surface area contributed by atoms with Crippen LogP contribution in [-0.4, -0.2) is 29.7 Å². The van der Waals surface area contributed by atoms with E-state index in [9.17, 15) is 18.4 Å². The number of Topliss-reactive ketones (excluding diaryl/α,β-unsaturated/α-hetero) is 1. The predicted octanol–water partition coefficient (Wildman–Crippen LogP) is 3.34. The largest absolute Gasteiger partial charge is 0.371 e. The van der Waals surface area contributed by atoms with Crippen LogP contribution in [0, 0.1) is 17.0 Å². The predicted molar refractivity (Wildman–Crippen MR) is 96.1 cm³/mol. The number of benzene rings is 1. The van der Waals surface area contributed by atoms with Crippen molar-refractivity contribution in [3.63, 3.8) is 0 Å². The Balaban J connectivity index is 1.82. The van der Waals surface area contributed by atoms with Gasteiger partial charge in [-0.3, -0.25) is 14.5 Å². The molecule has 1 aliphatic rings. The molecule has 1 aliphatic heterocycles. The number of allylic oxidation sites excluding steroid dienone is 1. The van der Waals surface area contributed by atoms with Crippen LogP contribution in [0.3, 0.4) is 0 Å². The molecule has 0 aliphatic carbocycles. The number of nitrogens with zero attached hydrogens (tertiary/aromatic N) is 1. The van der Waals surface area contributed by atoms with Crippen molar-refractivity contribution in [3.8, 4) is 0 Å². The molecule has 0 unspecified atom stereocenters. The summed E-state index contributed by atoms with van der Waals surface area (Å²) in [5.41, 5.74) is 0.134. The number of carbonyl (C=O) groups excluding carboxylic acids is 2. The van der Waals surface area contributed by atoms with Crippen LogP contribution < -0.4 is 5.32 Å². The summed E-state index contributed by atoms with van der Waals surface area (Å²) in [7, 11) is 0. The van der Waals surface area contributed by atoms with E-state index in [4.69, 9.17) is 0 Å². The zero-order valence-electron chi connectivity index (χ0n) is 15.1. The van der Waals surface area contributed by atoms with E-state index in [1.165, 1.54) is 6.07 Å². The van der Waals surface area contributed by atoms with Crippen LogP contribution in [0.25, 0.3) is 0 Å². The molecule has 1 saturated heterocycles. The molecular weight excluding hydrogens is 338 g/mol. The molecule has 1 aromatic carbocycles. The number of halogens is 2. The Kier molecular flexibility index (Phi) is 6.29. The fraction of sp³-hybridized carbons (Fsp3) is 0.400. The Labute approximate surface area is 152 Å². The van der Waals surface area contributed by atoms with Crippen LogP contribution in [0.4, 0.5) is 8.78 Å². The van der Waals surface area contributed by atoms with E-state index in [0.29, 0.717) is 12.4 Å². The third kappa shape index (κ3) is 5.51. The van der Waals surface area contributed by atoms with Gasteiger partial charge < -0.3 is 5.32 Å². The molecule has 6 heteroatoms. The second-order valence-electron chi connectivity index (χ2n) is 7.28. The van der Waals surface area contributed by atoms with Crippen molar-refractivity contribution in [2.24, 2.45) is 5.41 Å². The quantitative estimate of drug-likeness (QED) is 0.790. The van der Waals surface area contributed by atoms with E-state index in [0.717, 1.165) is 18.7 Å². The summed E-state index contributed by atoms with van der Waals surface area (Å²) in [6.45, 7) is 9.34. The summed E-state index contributed by atoms with van der Waals surface area (Å²) in [6.07, 6.45) is 3.39. The first-order chi connectivity index (χ1) is 12.2. The Hall–Kier alpha value is -2.50. The zero-order valence-corrected chi connectivity index (χ0v) is 15.1. The van der Waals surface area contributed by atoms with E-state index < -0.39 is 11.6 Å². The van der Waals surface area contributed by atoms with Gasteiger partial charge in [-0.05, 0) is 11.6 Å². The third-order valence-electron chi connectivity index (χ3n) is 4.19. The van der Waals surface area contributed by atoms with Gasteiger partial charge in [0.25, 0.3) is 0 Å². The highest BCUT2D eigenvalue weighted by molar-refractivity contribution is 5.83. The molecular formula is C20H24F2N2O2. The van der Waals surface area contributed by atoms with Gasteiger partial charge in [0.05, 0.1) is 0 Å². The first-order valence-corrected chi connectivity index (χ1v) is 8.52. The monoisotopic (exact) mass is 362 g/mol. The second-order valence-corrected chi connectivity index (χ2v) is 7.28. The number of hydrogen-bond donors (Lipinski definition) is 1. The van der Waals surface area contributed by atoms with Crippen molar-refractivity contribution in [1.82, 2.24) is 10.2 Å². The van der Waals surface area contributed by atoms with Crippen LogP contribution in [0.15, 0.2) is 42.8 Å². The molecule has 0 bridgehead atoms. The highest BCUT2D eigenvalue weighted by Crippen LogP contribution is 2.23. The van der Waals surface area contributed by atoms with Crippen molar-refractivity contribution in [2.75, 3.05) is 13.1 Å². The van der Waals surface area contributed by atoms with E-state index in [1.54, 1.807) is 17.1 Å². The van der Waals surface area contributed by atoms with Crippen LogP contribution in [0.5, 0.6) is 0 Å². The highest BCUT2D eigenvalue weighted by Gasteiger charge is 2.30. The van der Waals surface area contributed by atoms with Crippen LogP contribution in [0.1, 0.15) is 32.3 Å². The summed E-state index contributed by atoms with van der Waals surface area (Å²) < 4.78 is 26.4. The lowest BCUT2D eigenvalue weighted by Gasteiger charge is -2.40. The topological polar surface area (TPSA) is 49.4 Å². The van der Waals surface area contributed by atoms with E-state index in [2.05, 4.69) is 25.7 Å². The van der Waals surface area contributed by atoms with Crippen molar-refractivity contribution < 1.29 is 18.4 Å². The molecule has 0 radical (unpaired) electrons. The molecule has 0 saturated carbocycles. The smallest absolute Gasteiger partial charge is 0.231 e. The Morgan fingerprint density at radius 3 is 2.65 bits per heavy atom. The van der Waals surface area contributed by atoms with Crippen molar-refractivity contribution in [2.45, 2.75) is 33.1 Å². The molecule has 0 aromatic heterocycles. The average Bonchev–Trinajstić information content (AvgIpc) is 2.56. The van der Waals surface area contributed by atoms with Crippen molar-refractivity contribution in [1.29, 1.82) is 0 Å². The maximum atomic E-state index is 13.5. The molecule has 4 nitrogen and oxygen atoms in total. The fourth-order valence-corrected chi connectivity index (χ4v) is 2.71. The summed E-state index contributed by atoms with van der Waals surface area (Å²) >= 11 is 0. The lowest BCUT2D eigenvalue weighted by molar-refractivity contribution is -0.130. The summed E-state index contributed by atoms with van der Waals surface area (Å²) in [4.78, 5) is 25.8. The van der Waals surface area contributed by atoms with E-state index in [1.807, 2.05) is 0 Å². The Bertz CT molecular complexity index is 741. The molecule has 26 heavy (non-hydrogen) atoms. The van der Waals surface area contributed by atoms with Crippen LogP contribution in [0.2, 0.25) is 0 Å². The minimum atomic E-state index is -0.726. The highest BCUT2D eigenvalue weighted by atomic mass is 19.1. The standard InChI is InChI=1S/C20H24F2N2O2/c1-14-23-12-20(2,3)13-24(14)19(26)7-5-4-6-17(25)10-15-8-9-16(21)11-18(15)22/h4-5,8-9,11,23H,1,6-7,10,12-13H2,2-3H3/b5-4-. The van der Waals surface area contributed by atoms with Crippen LogP contribution in [-0.2, 0) is 16.0 Å². The van der Waals surface area contributed by atoms with E-state index in [-0.39, 0.29) is 41.9 Å². The summed E-state index contributed by atoms with van der Waals surface area (Å²) in [6, 6.07) is 3.16. The van der Waals surface area contributed by atoms with Crippen molar-refractivity contribution >= 4 is 11.7 Å². The van der Waals surface area contributed by atoms with Gasteiger partial charge in [0, 0.05) is 43.8 Å². The Morgan fingerprint density at radius 2 is 1.96 bits per heavy atom. The number of ketones is 1. The number of amides is 1. The molecule has 0 atom stereocenters. The van der Waals surface area contributed by atoms with Gasteiger partial charge in [0.15, 0.2) is 0 Å². The Morgan fingerprint density at radius 1 is 1.27 bits per heavy atom. The summed E-state index contributed by atoms with van der Waals surface area (Å²) in [5.74, 6) is -1.11. The van der Waals surface area contributed by atoms with E-state index >= 15 is 0 Å². The first kappa shape index (κ1) is 19.8. The number of hydrogen-bond acceptors (Lipinski definition) is 3. The van der Waals surface area contributed by atoms with Crippen molar-refractivity contribution in [3.05, 3.63) is 59.9 Å². The molecule has 0 spiro atoms. The molecule has 1 aromatic rings. The molecule has 2 rings (SSSR count). The SMILES string of the molecule is C=C1NCC(C)(C)CN1C(=O)C/C=C\CC(=O)Cc1ccc(F)cc1F. The molecule has 1 heterocycles.